The molecule has 0 aliphatic carbocycles. The summed E-state index contributed by atoms with van der Waals surface area (Å²) in [6.07, 6.45) is -6.63. The Labute approximate surface area is 168 Å². The van der Waals surface area contributed by atoms with Crippen molar-refractivity contribution in [3.63, 3.8) is 0 Å². The molecule has 1 aromatic rings. The number of nitrogens with one attached hydrogen (secondary N) is 1. The average molecular weight is 413 g/mol. The lowest BCUT2D eigenvalue weighted by molar-refractivity contribution is -0.315. The van der Waals surface area contributed by atoms with Crippen LogP contribution in [0.3, 0.4) is 0 Å². The van der Waals surface area contributed by atoms with Gasteiger partial charge in [0.25, 0.3) is 5.79 Å². The molecule has 2 rings (SSSR count). The standard InChI is InChI=1S/C19H27NO9/c1-11(22)20-15-13(23)8-19(18(26)27-2,28-10-12-6-4-3-5-7-12)29-17(15)16(25)14(24)9-21/h3-7,13-17,21,23-25H,8-10H2,1-2H3,(H,20,22)/t13-,14+,15+,16+,17+,19+/m0/s1. The number of aliphatic hydroxyl groups excluding tert-OH is 4. The van der Waals surface area contributed by atoms with Crippen LogP contribution < -0.4 is 5.32 Å². The van der Waals surface area contributed by atoms with Gasteiger partial charge in [0.05, 0.1) is 32.5 Å². The first-order chi connectivity index (χ1) is 13.7. The molecule has 1 aliphatic rings. The lowest BCUT2D eigenvalue weighted by atomic mass is 9.88. The molecule has 0 bridgehead atoms. The number of methoxy groups -OCH3 is 1. The van der Waals surface area contributed by atoms with E-state index in [1.807, 2.05) is 0 Å². The zero-order valence-electron chi connectivity index (χ0n) is 16.2. The summed E-state index contributed by atoms with van der Waals surface area (Å²) in [5.41, 5.74) is 0.713. The van der Waals surface area contributed by atoms with Gasteiger partial charge < -0.3 is 40.0 Å². The Kier molecular flexibility index (Phi) is 8.08. The van der Waals surface area contributed by atoms with Crippen LogP contribution in [0.5, 0.6) is 0 Å². The van der Waals surface area contributed by atoms with Gasteiger partial charge in [0.1, 0.15) is 18.3 Å². The minimum atomic E-state index is -2.10. The van der Waals surface area contributed by atoms with E-state index in [0.717, 1.165) is 7.11 Å². The minimum Gasteiger partial charge on any atom is -0.465 e. The number of carbonyl (C=O) groups is 2. The smallest absolute Gasteiger partial charge is 0.366 e. The van der Waals surface area contributed by atoms with Crippen LogP contribution >= 0.6 is 0 Å². The van der Waals surface area contributed by atoms with Crippen molar-refractivity contribution in [1.29, 1.82) is 0 Å². The molecule has 0 saturated carbocycles. The van der Waals surface area contributed by atoms with Crippen LogP contribution in [0, 0.1) is 0 Å². The van der Waals surface area contributed by atoms with Gasteiger partial charge in [-0.2, -0.15) is 0 Å². The molecule has 0 unspecified atom stereocenters. The van der Waals surface area contributed by atoms with E-state index in [1.165, 1.54) is 6.92 Å². The molecule has 0 radical (unpaired) electrons. The number of hydrogen-bond acceptors (Lipinski definition) is 9. The summed E-state index contributed by atoms with van der Waals surface area (Å²) in [4.78, 5) is 24.1. The lowest BCUT2D eigenvalue weighted by Crippen LogP contribution is -2.68. The van der Waals surface area contributed by atoms with E-state index in [-0.39, 0.29) is 6.61 Å². The van der Waals surface area contributed by atoms with Crippen LogP contribution in [0.2, 0.25) is 0 Å². The van der Waals surface area contributed by atoms with Crippen LogP contribution in [0.1, 0.15) is 18.9 Å². The summed E-state index contributed by atoms with van der Waals surface area (Å²) < 4.78 is 16.2. The van der Waals surface area contributed by atoms with Gasteiger partial charge in [-0.3, -0.25) is 4.79 Å². The SMILES string of the molecule is COC(=O)[C@@]1(OCc2ccccc2)C[C@H](O)[C@@H](NC(C)=O)[C@H]([C@H](O)[C@H](O)CO)O1. The highest BCUT2D eigenvalue weighted by Crippen LogP contribution is 2.34. The topological polar surface area (TPSA) is 155 Å². The predicted molar refractivity (Wildman–Crippen MR) is 98.2 cm³/mol. The molecule has 1 aromatic carbocycles. The minimum absolute atomic E-state index is 0.0706. The van der Waals surface area contributed by atoms with E-state index in [9.17, 15) is 24.9 Å². The first-order valence-electron chi connectivity index (χ1n) is 9.10. The van der Waals surface area contributed by atoms with Gasteiger partial charge in [0, 0.05) is 13.3 Å². The molecule has 1 saturated heterocycles. The number of amides is 1. The van der Waals surface area contributed by atoms with E-state index in [0.29, 0.717) is 5.56 Å². The number of aliphatic hydroxyl groups is 4. The Bertz CT molecular complexity index is 686. The van der Waals surface area contributed by atoms with Crippen molar-refractivity contribution in [1.82, 2.24) is 5.32 Å². The highest BCUT2D eigenvalue weighted by Gasteiger charge is 2.56. The molecule has 10 nitrogen and oxygen atoms in total. The van der Waals surface area contributed by atoms with Gasteiger partial charge >= 0.3 is 5.97 Å². The Morgan fingerprint density at radius 2 is 1.97 bits per heavy atom. The lowest BCUT2D eigenvalue weighted by Gasteiger charge is -2.46. The molecule has 5 N–H and O–H groups in total. The summed E-state index contributed by atoms with van der Waals surface area (Å²) in [7, 11) is 1.11. The van der Waals surface area contributed by atoms with Gasteiger partial charge in [0.2, 0.25) is 5.91 Å². The largest absolute Gasteiger partial charge is 0.465 e. The van der Waals surface area contributed by atoms with Crippen molar-refractivity contribution in [2.75, 3.05) is 13.7 Å². The van der Waals surface area contributed by atoms with Gasteiger partial charge in [-0.05, 0) is 5.56 Å². The number of benzene rings is 1. The summed E-state index contributed by atoms with van der Waals surface area (Å²) in [5, 5.41) is 42.5. The van der Waals surface area contributed by atoms with Crippen molar-refractivity contribution < 1.29 is 44.2 Å². The van der Waals surface area contributed by atoms with Gasteiger partial charge in [-0.15, -0.1) is 0 Å². The Hall–Kier alpha value is -2.08. The van der Waals surface area contributed by atoms with Crippen LogP contribution in [-0.2, 0) is 30.4 Å². The summed E-state index contributed by atoms with van der Waals surface area (Å²) in [5.74, 6) is -3.58. The molecular weight excluding hydrogens is 386 g/mol. The molecule has 162 valence electrons. The van der Waals surface area contributed by atoms with E-state index in [4.69, 9.17) is 19.3 Å². The fourth-order valence-electron chi connectivity index (χ4n) is 3.20. The van der Waals surface area contributed by atoms with E-state index in [1.54, 1.807) is 30.3 Å². The molecule has 29 heavy (non-hydrogen) atoms. The van der Waals surface area contributed by atoms with Gasteiger partial charge in [0.15, 0.2) is 0 Å². The number of carbonyl (C=O) groups excluding carboxylic acids is 2. The Morgan fingerprint density at radius 1 is 1.31 bits per heavy atom. The third-order valence-corrected chi connectivity index (χ3v) is 4.67. The number of rotatable bonds is 8. The highest BCUT2D eigenvalue weighted by molar-refractivity contribution is 5.78. The van der Waals surface area contributed by atoms with Gasteiger partial charge in [-0.1, -0.05) is 30.3 Å². The van der Waals surface area contributed by atoms with Crippen molar-refractivity contribution in [3.8, 4) is 0 Å². The maximum Gasteiger partial charge on any atom is 0.366 e. The van der Waals surface area contributed by atoms with Crippen molar-refractivity contribution >= 4 is 11.9 Å². The summed E-state index contributed by atoms with van der Waals surface area (Å²) >= 11 is 0. The monoisotopic (exact) mass is 413 g/mol. The molecule has 1 heterocycles. The van der Waals surface area contributed by atoms with Crippen LogP contribution in [0.4, 0.5) is 0 Å². The third-order valence-electron chi connectivity index (χ3n) is 4.67. The molecule has 10 heteroatoms. The second kappa shape index (κ2) is 10.1. The first-order valence-corrected chi connectivity index (χ1v) is 9.10. The summed E-state index contributed by atoms with van der Waals surface area (Å²) in [6, 6.07) is 7.70. The van der Waals surface area contributed by atoms with E-state index in [2.05, 4.69) is 5.32 Å². The third kappa shape index (κ3) is 5.50. The Morgan fingerprint density at radius 3 is 2.52 bits per heavy atom. The fourth-order valence-corrected chi connectivity index (χ4v) is 3.20. The average Bonchev–Trinajstić information content (AvgIpc) is 2.72. The molecule has 1 fully saturated rings. The number of esters is 1. The highest BCUT2D eigenvalue weighted by atomic mass is 16.7. The van der Waals surface area contributed by atoms with Crippen LogP contribution in [0.25, 0.3) is 0 Å². The normalized spacial score (nSPS) is 29.0. The maximum absolute atomic E-state index is 12.5. The zero-order chi connectivity index (χ0) is 21.6. The number of hydrogen-bond donors (Lipinski definition) is 5. The van der Waals surface area contributed by atoms with Crippen molar-refractivity contribution in [3.05, 3.63) is 35.9 Å². The molecule has 0 aromatic heterocycles. The molecule has 0 spiro atoms. The number of ether oxygens (including phenoxy) is 3. The van der Waals surface area contributed by atoms with Crippen molar-refractivity contribution in [2.45, 2.75) is 56.2 Å². The van der Waals surface area contributed by atoms with E-state index < -0.39 is 61.1 Å². The maximum atomic E-state index is 12.5. The molecule has 1 aliphatic heterocycles. The van der Waals surface area contributed by atoms with Crippen LogP contribution in [-0.4, -0.2) is 82.3 Å². The molecular formula is C19H27NO9. The second-order valence-electron chi connectivity index (χ2n) is 6.84. The van der Waals surface area contributed by atoms with Gasteiger partial charge in [-0.25, -0.2) is 4.79 Å². The Balaban J connectivity index is 2.35. The molecule has 1 amide bonds. The quantitative estimate of drug-likeness (QED) is 0.318. The second-order valence-corrected chi connectivity index (χ2v) is 6.84. The van der Waals surface area contributed by atoms with E-state index >= 15 is 0 Å². The first kappa shape index (κ1) is 23.2. The fraction of sp³-hybridized carbons (Fsp3) is 0.579. The summed E-state index contributed by atoms with van der Waals surface area (Å²) in [6.45, 7) is 0.325. The zero-order valence-corrected chi connectivity index (χ0v) is 16.2. The van der Waals surface area contributed by atoms with Crippen LogP contribution in [0.15, 0.2) is 30.3 Å². The molecule has 6 atom stereocenters. The van der Waals surface area contributed by atoms with Crippen molar-refractivity contribution in [2.24, 2.45) is 0 Å². The predicted octanol–water partition coefficient (Wildman–Crippen LogP) is -1.56.